The maximum Gasteiger partial charge on any atom is 0.0681 e. The Hall–Kier alpha value is -0.860. The van der Waals surface area contributed by atoms with Gasteiger partial charge in [0, 0.05) is 12.1 Å². The highest BCUT2D eigenvalue weighted by molar-refractivity contribution is 5.25. The Morgan fingerprint density at radius 3 is 2.61 bits per heavy atom. The van der Waals surface area contributed by atoms with E-state index in [2.05, 4.69) is 24.4 Å². The van der Waals surface area contributed by atoms with Gasteiger partial charge in [0.1, 0.15) is 0 Å². The minimum absolute atomic E-state index is 0.129. The standard InChI is InChI=1S/C16H25NO/c1-13(15-8-6-7-14(11-15)12-18)17-16-9-4-2-3-5-10-16/h6-8,11,13,16-18H,2-5,9-10,12H2,1H3. The molecule has 100 valence electrons. The highest BCUT2D eigenvalue weighted by Crippen LogP contribution is 2.21. The molecule has 1 atom stereocenters. The van der Waals surface area contributed by atoms with Gasteiger partial charge < -0.3 is 10.4 Å². The molecule has 0 amide bonds. The molecule has 2 heteroatoms. The summed E-state index contributed by atoms with van der Waals surface area (Å²) in [7, 11) is 0. The Morgan fingerprint density at radius 2 is 1.94 bits per heavy atom. The number of benzene rings is 1. The second-order valence-electron chi connectivity index (χ2n) is 5.48. The van der Waals surface area contributed by atoms with Crippen molar-refractivity contribution in [3.8, 4) is 0 Å². The van der Waals surface area contributed by atoms with Crippen LogP contribution in [0.5, 0.6) is 0 Å². The van der Waals surface area contributed by atoms with E-state index in [0.717, 1.165) is 5.56 Å². The Bertz CT molecular complexity index is 356. The van der Waals surface area contributed by atoms with Gasteiger partial charge in [-0.25, -0.2) is 0 Å². The van der Waals surface area contributed by atoms with Gasteiger partial charge in [-0.1, -0.05) is 49.9 Å². The van der Waals surface area contributed by atoms with Gasteiger partial charge in [0.15, 0.2) is 0 Å². The topological polar surface area (TPSA) is 32.3 Å². The molecule has 2 rings (SSSR count). The van der Waals surface area contributed by atoms with Gasteiger partial charge in [-0.05, 0) is 30.9 Å². The second kappa shape index (κ2) is 6.91. The molecule has 2 N–H and O–H groups in total. The molecule has 1 aromatic carbocycles. The molecule has 2 nitrogen and oxygen atoms in total. The van der Waals surface area contributed by atoms with Crippen LogP contribution in [-0.2, 0) is 6.61 Å². The third kappa shape index (κ3) is 3.82. The molecule has 0 heterocycles. The fourth-order valence-corrected chi connectivity index (χ4v) is 2.86. The average molecular weight is 247 g/mol. The molecule has 1 aliphatic rings. The Labute approximate surface area is 110 Å². The van der Waals surface area contributed by atoms with E-state index >= 15 is 0 Å². The van der Waals surface area contributed by atoms with Gasteiger partial charge in [-0.3, -0.25) is 0 Å². The Kier molecular flexibility index (Phi) is 5.21. The highest BCUT2D eigenvalue weighted by Gasteiger charge is 2.15. The molecule has 1 fully saturated rings. The van der Waals surface area contributed by atoms with Crippen molar-refractivity contribution in [2.24, 2.45) is 0 Å². The van der Waals surface area contributed by atoms with Crippen LogP contribution in [0.1, 0.15) is 62.6 Å². The molecule has 0 aliphatic heterocycles. The molecule has 0 saturated heterocycles. The van der Waals surface area contributed by atoms with Crippen LogP contribution >= 0.6 is 0 Å². The second-order valence-corrected chi connectivity index (χ2v) is 5.48. The first-order valence-corrected chi connectivity index (χ1v) is 7.25. The summed E-state index contributed by atoms with van der Waals surface area (Å²) in [5.41, 5.74) is 2.29. The summed E-state index contributed by atoms with van der Waals surface area (Å²) in [5, 5.41) is 12.9. The van der Waals surface area contributed by atoms with Gasteiger partial charge in [0.05, 0.1) is 6.61 Å². The first-order chi connectivity index (χ1) is 8.79. The number of nitrogens with one attached hydrogen (secondary N) is 1. The van der Waals surface area contributed by atoms with E-state index in [0.29, 0.717) is 12.1 Å². The molecule has 1 saturated carbocycles. The van der Waals surface area contributed by atoms with Crippen molar-refractivity contribution < 1.29 is 5.11 Å². The monoisotopic (exact) mass is 247 g/mol. The van der Waals surface area contributed by atoms with Crippen molar-refractivity contribution in [1.82, 2.24) is 5.32 Å². The van der Waals surface area contributed by atoms with E-state index < -0.39 is 0 Å². The Balaban J connectivity index is 1.95. The van der Waals surface area contributed by atoms with Crippen LogP contribution in [0.3, 0.4) is 0 Å². The van der Waals surface area contributed by atoms with Crippen LogP contribution in [0.15, 0.2) is 24.3 Å². The molecular formula is C16H25NO. The predicted molar refractivity (Wildman–Crippen MR) is 75.4 cm³/mol. The largest absolute Gasteiger partial charge is 0.392 e. The van der Waals surface area contributed by atoms with E-state index in [4.69, 9.17) is 0 Å². The molecule has 1 aliphatic carbocycles. The lowest BCUT2D eigenvalue weighted by atomic mass is 10.0. The third-order valence-corrected chi connectivity index (χ3v) is 3.97. The summed E-state index contributed by atoms with van der Waals surface area (Å²) in [4.78, 5) is 0. The Morgan fingerprint density at radius 1 is 1.22 bits per heavy atom. The molecule has 0 radical (unpaired) electrons. The fourth-order valence-electron chi connectivity index (χ4n) is 2.86. The molecule has 18 heavy (non-hydrogen) atoms. The summed E-state index contributed by atoms with van der Waals surface area (Å²) < 4.78 is 0. The number of aliphatic hydroxyl groups excluding tert-OH is 1. The minimum Gasteiger partial charge on any atom is -0.392 e. The van der Waals surface area contributed by atoms with E-state index in [-0.39, 0.29) is 6.61 Å². The number of rotatable bonds is 4. The van der Waals surface area contributed by atoms with Crippen molar-refractivity contribution >= 4 is 0 Å². The first kappa shape index (κ1) is 13.6. The normalized spacial score (nSPS) is 19.4. The fraction of sp³-hybridized carbons (Fsp3) is 0.625. The maximum atomic E-state index is 9.18. The predicted octanol–water partition coefficient (Wildman–Crippen LogP) is 3.55. The summed E-state index contributed by atoms with van der Waals surface area (Å²) in [6, 6.07) is 9.30. The molecule has 1 unspecified atom stereocenters. The van der Waals surface area contributed by atoms with Crippen LogP contribution in [-0.4, -0.2) is 11.1 Å². The number of aliphatic hydroxyl groups is 1. The lowest BCUT2D eigenvalue weighted by molar-refractivity contribution is 0.281. The van der Waals surface area contributed by atoms with Crippen molar-refractivity contribution in [2.45, 2.75) is 64.1 Å². The zero-order valence-electron chi connectivity index (χ0n) is 11.4. The number of hydrogen-bond donors (Lipinski definition) is 2. The van der Waals surface area contributed by atoms with E-state index in [1.807, 2.05) is 12.1 Å². The summed E-state index contributed by atoms with van der Waals surface area (Å²) in [6.45, 7) is 2.35. The lowest BCUT2D eigenvalue weighted by Crippen LogP contribution is -2.31. The van der Waals surface area contributed by atoms with Crippen molar-refractivity contribution in [3.05, 3.63) is 35.4 Å². The third-order valence-electron chi connectivity index (χ3n) is 3.97. The summed E-state index contributed by atoms with van der Waals surface area (Å²) in [6.07, 6.45) is 8.13. The minimum atomic E-state index is 0.129. The van der Waals surface area contributed by atoms with Crippen LogP contribution in [0, 0.1) is 0 Å². The molecule has 0 aromatic heterocycles. The summed E-state index contributed by atoms with van der Waals surface area (Å²) in [5.74, 6) is 0. The van der Waals surface area contributed by atoms with E-state index in [1.54, 1.807) is 0 Å². The van der Waals surface area contributed by atoms with Crippen molar-refractivity contribution in [1.29, 1.82) is 0 Å². The van der Waals surface area contributed by atoms with Crippen LogP contribution in [0.25, 0.3) is 0 Å². The maximum absolute atomic E-state index is 9.18. The lowest BCUT2D eigenvalue weighted by Gasteiger charge is -2.22. The SMILES string of the molecule is CC(NC1CCCCCC1)c1cccc(CO)c1. The van der Waals surface area contributed by atoms with Crippen LogP contribution < -0.4 is 5.32 Å². The van der Waals surface area contributed by atoms with Gasteiger partial charge >= 0.3 is 0 Å². The van der Waals surface area contributed by atoms with Crippen LogP contribution in [0.2, 0.25) is 0 Å². The highest BCUT2D eigenvalue weighted by atomic mass is 16.3. The summed E-state index contributed by atoms with van der Waals surface area (Å²) >= 11 is 0. The van der Waals surface area contributed by atoms with Gasteiger partial charge in [0.2, 0.25) is 0 Å². The quantitative estimate of drug-likeness (QED) is 0.797. The molecule has 1 aromatic rings. The van der Waals surface area contributed by atoms with E-state index in [9.17, 15) is 5.11 Å². The number of hydrogen-bond acceptors (Lipinski definition) is 2. The zero-order chi connectivity index (χ0) is 12.8. The molecule has 0 spiro atoms. The molecular weight excluding hydrogens is 222 g/mol. The van der Waals surface area contributed by atoms with Gasteiger partial charge in [-0.2, -0.15) is 0 Å². The van der Waals surface area contributed by atoms with Crippen molar-refractivity contribution in [3.63, 3.8) is 0 Å². The van der Waals surface area contributed by atoms with Crippen molar-refractivity contribution in [2.75, 3.05) is 0 Å². The van der Waals surface area contributed by atoms with Gasteiger partial charge in [0.25, 0.3) is 0 Å². The van der Waals surface area contributed by atoms with E-state index in [1.165, 1.54) is 44.1 Å². The average Bonchev–Trinajstić information content (AvgIpc) is 2.67. The smallest absolute Gasteiger partial charge is 0.0681 e. The van der Waals surface area contributed by atoms with Crippen LogP contribution in [0.4, 0.5) is 0 Å². The molecule has 0 bridgehead atoms. The first-order valence-electron chi connectivity index (χ1n) is 7.25. The zero-order valence-corrected chi connectivity index (χ0v) is 11.4. The van der Waals surface area contributed by atoms with Gasteiger partial charge in [-0.15, -0.1) is 0 Å².